The van der Waals surface area contributed by atoms with Crippen molar-refractivity contribution in [3.63, 3.8) is 0 Å². The lowest BCUT2D eigenvalue weighted by atomic mass is 9.99. The Morgan fingerprint density at radius 1 is 1.38 bits per heavy atom. The topological polar surface area (TPSA) is 41.1 Å². The van der Waals surface area contributed by atoms with Crippen LogP contribution in [0, 0.1) is 5.92 Å². The Morgan fingerprint density at radius 2 is 2.12 bits per heavy atom. The van der Waals surface area contributed by atoms with Gasteiger partial charge in [0.1, 0.15) is 0 Å². The van der Waals surface area contributed by atoms with Crippen LogP contribution in [0.1, 0.15) is 52.9 Å². The van der Waals surface area contributed by atoms with Crippen LogP contribution in [0.2, 0.25) is 0 Å². The number of carbonyl (C=O) groups is 1. The highest BCUT2D eigenvalue weighted by Crippen LogP contribution is 2.11. The maximum absolute atomic E-state index is 11.7. The number of piperidine rings is 1. The van der Waals surface area contributed by atoms with Gasteiger partial charge >= 0.3 is 0 Å². The van der Waals surface area contributed by atoms with Gasteiger partial charge in [-0.1, -0.05) is 20.3 Å². The van der Waals surface area contributed by atoms with Gasteiger partial charge in [0, 0.05) is 18.5 Å². The van der Waals surface area contributed by atoms with Gasteiger partial charge in [0.15, 0.2) is 0 Å². The first-order chi connectivity index (χ1) is 7.59. The van der Waals surface area contributed by atoms with E-state index < -0.39 is 0 Å². The monoisotopic (exact) mass is 226 g/mol. The van der Waals surface area contributed by atoms with Crippen LogP contribution in [-0.4, -0.2) is 24.5 Å². The smallest absolute Gasteiger partial charge is 0.220 e. The first-order valence-corrected chi connectivity index (χ1v) is 6.62. The van der Waals surface area contributed by atoms with Crippen LogP contribution >= 0.6 is 0 Å². The molecule has 2 unspecified atom stereocenters. The second-order valence-corrected chi connectivity index (χ2v) is 5.35. The van der Waals surface area contributed by atoms with Crippen molar-refractivity contribution in [2.75, 3.05) is 6.54 Å². The summed E-state index contributed by atoms with van der Waals surface area (Å²) < 4.78 is 0. The minimum Gasteiger partial charge on any atom is -0.352 e. The molecule has 3 heteroatoms. The number of carbonyl (C=O) groups excluding carboxylic acids is 1. The quantitative estimate of drug-likeness (QED) is 0.753. The van der Waals surface area contributed by atoms with Gasteiger partial charge in [0.25, 0.3) is 0 Å². The first-order valence-electron chi connectivity index (χ1n) is 6.62. The zero-order chi connectivity index (χ0) is 12.0. The number of hydrogen-bond acceptors (Lipinski definition) is 2. The molecule has 1 rings (SSSR count). The van der Waals surface area contributed by atoms with E-state index in [-0.39, 0.29) is 11.9 Å². The fourth-order valence-corrected chi connectivity index (χ4v) is 2.15. The van der Waals surface area contributed by atoms with Crippen LogP contribution in [0.5, 0.6) is 0 Å². The highest BCUT2D eigenvalue weighted by atomic mass is 16.1. The average molecular weight is 226 g/mol. The van der Waals surface area contributed by atoms with Crippen molar-refractivity contribution in [2.45, 2.75) is 65.0 Å². The maximum Gasteiger partial charge on any atom is 0.220 e. The molecule has 2 atom stereocenters. The average Bonchev–Trinajstić information content (AvgIpc) is 2.27. The molecule has 16 heavy (non-hydrogen) atoms. The third kappa shape index (κ3) is 4.97. The van der Waals surface area contributed by atoms with E-state index >= 15 is 0 Å². The number of amides is 1. The van der Waals surface area contributed by atoms with E-state index in [4.69, 9.17) is 0 Å². The van der Waals surface area contributed by atoms with Crippen molar-refractivity contribution in [3.05, 3.63) is 0 Å². The van der Waals surface area contributed by atoms with Gasteiger partial charge < -0.3 is 10.6 Å². The van der Waals surface area contributed by atoms with Crippen molar-refractivity contribution in [2.24, 2.45) is 5.92 Å². The molecule has 1 aliphatic heterocycles. The molecule has 0 aromatic heterocycles. The maximum atomic E-state index is 11.7. The summed E-state index contributed by atoms with van der Waals surface area (Å²) in [6.07, 6.45) is 5.38. The first kappa shape index (κ1) is 13.5. The molecule has 1 heterocycles. The number of nitrogens with one attached hydrogen (secondary N) is 2. The molecule has 2 N–H and O–H groups in total. The zero-order valence-corrected chi connectivity index (χ0v) is 10.9. The molecule has 0 aromatic rings. The summed E-state index contributed by atoms with van der Waals surface area (Å²) in [5, 5.41) is 6.58. The van der Waals surface area contributed by atoms with Crippen molar-refractivity contribution in [1.82, 2.24) is 10.6 Å². The molecule has 0 radical (unpaired) electrons. The van der Waals surface area contributed by atoms with Gasteiger partial charge in [-0.05, 0) is 38.6 Å². The molecule has 1 aliphatic rings. The van der Waals surface area contributed by atoms with Crippen molar-refractivity contribution in [1.29, 1.82) is 0 Å². The van der Waals surface area contributed by atoms with Gasteiger partial charge in [0.2, 0.25) is 5.91 Å². The fourth-order valence-electron chi connectivity index (χ4n) is 2.15. The van der Waals surface area contributed by atoms with E-state index in [1.807, 2.05) is 0 Å². The minimum atomic E-state index is 0.202. The van der Waals surface area contributed by atoms with Crippen LogP contribution < -0.4 is 10.6 Å². The van der Waals surface area contributed by atoms with Gasteiger partial charge in [-0.25, -0.2) is 0 Å². The third-order valence-electron chi connectivity index (χ3n) is 3.29. The Morgan fingerprint density at radius 3 is 2.69 bits per heavy atom. The van der Waals surface area contributed by atoms with Crippen LogP contribution in [0.25, 0.3) is 0 Å². The molecule has 3 nitrogen and oxygen atoms in total. The lowest BCUT2D eigenvalue weighted by molar-refractivity contribution is -0.122. The van der Waals surface area contributed by atoms with E-state index in [9.17, 15) is 4.79 Å². The van der Waals surface area contributed by atoms with Gasteiger partial charge in [-0.3, -0.25) is 4.79 Å². The van der Waals surface area contributed by atoms with E-state index in [0.717, 1.165) is 13.0 Å². The van der Waals surface area contributed by atoms with E-state index in [0.29, 0.717) is 18.4 Å². The lowest BCUT2D eigenvalue weighted by Gasteiger charge is -2.29. The van der Waals surface area contributed by atoms with E-state index in [1.54, 1.807) is 0 Å². The Balaban J connectivity index is 2.21. The molecule has 0 spiro atoms. The Labute approximate surface area is 99.4 Å². The molecule has 0 aliphatic carbocycles. The molecule has 94 valence electrons. The lowest BCUT2D eigenvalue weighted by Crippen LogP contribution is -2.50. The number of hydrogen-bond donors (Lipinski definition) is 2. The Hall–Kier alpha value is -0.570. The van der Waals surface area contributed by atoms with Crippen LogP contribution in [-0.2, 0) is 4.79 Å². The molecule has 0 aromatic carbocycles. The molecular formula is C13H26N2O. The van der Waals surface area contributed by atoms with Gasteiger partial charge in [-0.15, -0.1) is 0 Å². The molecule has 1 saturated heterocycles. The molecule has 1 fully saturated rings. The molecule has 0 saturated carbocycles. The standard InChI is InChI=1S/C13H26N2O/c1-10(2)7-8-13(16)15-11(3)12-6-4-5-9-14-12/h10-12,14H,4-9H2,1-3H3,(H,15,16). The third-order valence-corrected chi connectivity index (χ3v) is 3.29. The highest BCUT2D eigenvalue weighted by Gasteiger charge is 2.20. The predicted octanol–water partition coefficient (Wildman–Crippen LogP) is 2.07. The molecule has 1 amide bonds. The largest absolute Gasteiger partial charge is 0.352 e. The number of rotatable bonds is 5. The van der Waals surface area contributed by atoms with Crippen molar-refractivity contribution >= 4 is 5.91 Å². The highest BCUT2D eigenvalue weighted by molar-refractivity contribution is 5.76. The van der Waals surface area contributed by atoms with Crippen LogP contribution in [0.4, 0.5) is 0 Å². The second kappa shape index (κ2) is 6.89. The summed E-state index contributed by atoms with van der Waals surface area (Å²) in [6, 6.07) is 0.733. The summed E-state index contributed by atoms with van der Waals surface area (Å²) in [6.45, 7) is 7.51. The molecule has 0 bridgehead atoms. The fraction of sp³-hybridized carbons (Fsp3) is 0.923. The summed E-state index contributed by atoms with van der Waals surface area (Å²) in [4.78, 5) is 11.7. The van der Waals surface area contributed by atoms with Gasteiger partial charge in [0.05, 0.1) is 0 Å². The van der Waals surface area contributed by atoms with Crippen molar-refractivity contribution < 1.29 is 4.79 Å². The van der Waals surface area contributed by atoms with Crippen LogP contribution in [0.3, 0.4) is 0 Å². The molecular weight excluding hydrogens is 200 g/mol. The Bertz CT molecular complexity index is 210. The van der Waals surface area contributed by atoms with Gasteiger partial charge in [-0.2, -0.15) is 0 Å². The minimum absolute atomic E-state index is 0.202. The summed E-state index contributed by atoms with van der Waals surface area (Å²) in [5.41, 5.74) is 0. The van der Waals surface area contributed by atoms with E-state index in [1.165, 1.54) is 19.3 Å². The van der Waals surface area contributed by atoms with Crippen LogP contribution in [0.15, 0.2) is 0 Å². The Kier molecular flexibility index (Phi) is 5.81. The summed E-state index contributed by atoms with van der Waals surface area (Å²) in [5.74, 6) is 0.808. The predicted molar refractivity (Wildman–Crippen MR) is 67.3 cm³/mol. The second-order valence-electron chi connectivity index (χ2n) is 5.35. The summed E-state index contributed by atoms with van der Waals surface area (Å²) in [7, 11) is 0. The SMILES string of the molecule is CC(C)CCC(=O)NC(C)C1CCCCN1. The van der Waals surface area contributed by atoms with Crippen molar-refractivity contribution in [3.8, 4) is 0 Å². The van der Waals surface area contributed by atoms with E-state index in [2.05, 4.69) is 31.4 Å². The normalized spacial score (nSPS) is 23.1. The summed E-state index contributed by atoms with van der Waals surface area (Å²) >= 11 is 0. The zero-order valence-electron chi connectivity index (χ0n) is 10.9.